The van der Waals surface area contributed by atoms with Crippen molar-refractivity contribution in [2.75, 3.05) is 13.6 Å². The van der Waals surface area contributed by atoms with Gasteiger partial charge in [0.2, 0.25) is 0 Å². The van der Waals surface area contributed by atoms with Gasteiger partial charge in [-0.1, -0.05) is 12.8 Å². The number of aliphatic carboxylic acids is 1. The van der Waals surface area contributed by atoms with Crippen LogP contribution in [-0.4, -0.2) is 70.6 Å². The predicted molar refractivity (Wildman–Crippen MR) is 76.0 cm³/mol. The molecule has 120 valence electrons. The van der Waals surface area contributed by atoms with E-state index in [2.05, 4.69) is 15.6 Å². The minimum Gasteiger partial charge on any atom is -0.480 e. The molecule has 9 nitrogen and oxygen atoms in total. The number of urea groups is 1. The number of nitrogens with one attached hydrogen (secondary N) is 2. The minimum atomic E-state index is -1.05. The highest BCUT2D eigenvalue weighted by Gasteiger charge is 2.49. The van der Waals surface area contributed by atoms with Crippen LogP contribution in [0.4, 0.5) is 4.79 Å². The van der Waals surface area contributed by atoms with E-state index >= 15 is 0 Å². The summed E-state index contributed by atoms with van der Waals surface area (Å²) >= 11 is 0. The standard InChI is InChI=1S/C13H19N5O4/c1-17-10-9(11(21)16-13(17)22)18(6-8(19)20)12(15-10)14-7-4-2-3-5-7/h7,9-10H,2-6H2,1H3,(H,14,15)(H,19,20)(H,16,21,22). The normalized spacial score (nSPS) is 28.5. The maximum absolute atomic E-state index is 12.1. The summed E-state index contributed by atoms with van der Waals surface area (Å²) < 4.78 is 0. The lowest BCUT2D eigenvalue weighted by atomic mass is 10.1. The molecule has 1 saturated carbocycles. The molecule has 0 aromatic carbocycles. The van der Waals surface area contributed by atoms with Crippen molar-refractivity contribution >= 4 is 23.9 Å². The van der Waals surface area contributed by atoms with E-state index in [-0.39, 0.29) is 12.6 Å². The Bertz CT molecular complexity index is 543. The Labute approximate surface area is 127 Å². The van der Waals surface area contributed by atoms with E-state index in [1.54, 1.807) is 7.05 Å². The molecule has 9 heteroatoms. The van der Waals surface area contributed by atoms with Crippen molar-refractivity contribution in [3.05, 3.63) is 0 Å². The van der Waals surface area contributed by atoms with E-state index in [9.17, 15) is 14.4 Å². The molecule has 1 aliphatic carbocycles. The highest BCUT2D eigenvalue weighted by atomic mass is 16.4. The molecule has 2 atom stereocenters. The number of rotatable bonds is 3. The van der Waals surface area contributed by atoms with E-state index in [0.717, 1.165) is 25.7 Å². The van der Waals surface area contributed by atoms with Crippen LogP contribution in [0.2, 0.25) is 0 Å². The fourth-order valence-electron chi connectivity index (χ4n) is 3.22. The summed E-state index contributed by atoms with van der Waals surface area (Å²) in [4.78, 5) is 42.1. The molecule has 2 heterocycles. The third kappa shape index (κ3) is 2.46. The second kappa shape index (κ2) is 5.47. The number of carboxylic acid groups (broad SMARTS) is 1. The number of carboxylic acids is 1. The van der Waals surface area contributed by atoms with Crippen molar-refractivity contribution in [3.8, 4) is 0 Å². The quantitative estimate of drug-likeness (QED) is 0.626. The molecule has 1 saturated heterocycles. The number of aliphatic imine (C=N–C) groups is 1. The first-order valence-corrected chi connectivity index (χ1v) is 7.38. The smallest absolute Gasteiger partial charge is 0.325 e. The number of likely N-dealkylation sites (N-methyl/N-ethyl adjacent to an activating group) is 1. The largest absolute Gasteiger partial charge is 0.480 e. The van der Waals surface area contributed by atoms with Gasteiger partial charge >= 0.3 is 12.0 Å². The zero-order chi connectivity index (χ0) is 15.9. The maximum Gasteiger partial charge on any atom is 0.325 e. The van der Waals surface area contributed by atoms with Gasteiger partial charge < -0.3 is 20.2 Å². The van der Waals surface area contributed by atoms with Crippen LogP contribution in [-0.2, 0) is 9.59 Å². The molecule has 0 radical (unpaired) electrons. The van der Waals surface area contributed by atoms with Gasteiger partial charge in [-0.15, -0.1) is 0 Å². The molecule has 0 aromatic rings. The first kappa shape index (κ1) is 14.6. The van der Waals surface area contributed by atoms with Crippen molar-refractivity contribution in [1.29, 1.82) is 0 Å². The number of hydrogen-bond acceptors (Lipinski definition) is 6. The van der Waals surface area contributed by atoms with Crippen LogP contribution in [0.5, 0.6) is 0 Å². The Balaban J connectivity index is 1.86. The van der Waals surface area contributed by atoms with Crippen molar-refractivity contribution in [2.24, 2.45) is 4.99 Å². The van der Waals surface area contributed by atoms with Crippen LogP contribution < -0.4 is 10.6 Å². The van der Waals surface area contributed by atoms with Crippen molar-refractivity contribution in [3.63, 3.8) is 0 Å². The van der Waals surface area contributed by atoms with Crippen LogP contribution in [0.15, 0.2) is 4.99 Å². The molecule has 22 heavy (non-hydrogen) atoms. The summed E-state index contributed by atoms with van der Waals surface area (Å²) in [5.41, 5.74) is 0. The first-order valence-electron chi connectivity index (χ1n) is 7.38. The Morgan fingerprint density at radius 2 is 2.09 bits per heavy atom. The number of nitrogens with zero attached hydrogens (tertiary/aromatic N) is 3. The summed E-state index contributed by atoms with van der Waals surface area (Å²) in [5, 5.41) is 14.6. The highest BCUT2D eigenvalue weighted by Crippen LogP contribution is 2.25. The van der Waals surface area contributed by atoms with Gasteiger partial charge in [-0.05, 0) is 12.8 Å². The van der Waals surface area contributed by atoms with E-state index in [4.69, 9.17) is 5.11 Å². The van der Waals surface area contributed by atoms with Gasteiger partial charge in [0.05, 0.1) is 0 Å². The zero-order valence-electron chi connectivity index (χ0n) is 12.3. The second-order valence-corrected chi connectivity index (χ2v) is 5.86. The number of carbonyl (C=O) groups is 3. The van der Waals surface area contributed by atoms with Gasteiger partial charge in [-0.25, -0.2) is 9.79 Å². The number of carbonyl (C=O) groups excluding carboxylic acids is 2. The molecule has 3 amide bonds. The molecule has 2 fully saturated rings. The number of amides is 3. The van der Waals surface area contributed by atoms with Crippen LogP contribution in [0.3, 0.4) is 0 Å². The Morgan fingerprint density at radius 1 is 1.41 bits per heavy atom. The lowest BCUT2D eigenvalue weighted by Crippen LogP contribution is -2.64. The van der Waals surface area contributed by atoms with Gasteiger partial charge in [-0.3, -0.25) is 14.9 Å². The van der Waals surface area contributed by atoms with Gasteiger partial charge in [-0.2, -0.15) is 0 Å². The number of guanidine groups is 1. The summed E-state index contributed by atoms with van der Waals surface area (Å²) in [6, 6.07) is -1.09. The molecule has 0 spiro atoms. The monoisotopic (exact) mass is 309 g/mol. The number of imide groups is 1. The molecule has 2 unspecified atom stereocenters. The molecule has 3 N–H and O–H groups in total. The number of fused-ring (bicyclic) bond motifs is 1. The fourth-order valence-corrected chi connectivity index (χ4v) is 3.22. The highest BCUT2D eigenvalue weighted by molar-refractivity contribution is 6.04. The van der Waals surface area contributed by atoms with E-state index < -0.39 is 30.1 Å². The van der Waals surface area contributed by atoms with Crippen molar-refractivity contribution in [2.45, 2.75) is 43.9 Å². The topological polar surface area (TPSA) is 114 Å². The molecular formula is C13H19N5O4. The second-order valence-electron chi connectivity index (χ2n) is 5.86. The third-order valence-corrected chi connectivity index (χ3v) is 4.35. The molecular weight excluding hydrogens is 290 g/mol. The summed E-state index contributed by atoms with van der Waals surface area (Å²) in [5.74, 6) is -1.17. The predicted octanol–water partition coefficient (Wildman–Crippen LogP) is -0.849. The molecule has 0 bridgehead atoms. The van der Waals surface area contributed by atoms with Crippen molar-refractivity contribution < 1.29 is 19.5 Å². The van der Waals surface area contributed by atoms with Gasteiger partial charge in [0.15, 0.2) is 18.2 Å². The zero-order valence-corrected chi connectivity index (χ0v) is 12.3. The first-order chi connectivity index (χ1) is 10.5. The van der Waals surface area contributed by atoms with Gasteiger partial charge in [0, 0.05) is 13.1 Å². The molecule has 2 aliphatic heterocycles. The molecule has 3 aliphatic rings. The average molecular weight is 309 g/mol. The SMILES string of the molecule is CN1C(=O)NC(=O)C2C1N=C(NC1CCCC1)N2CC(=O)O. The van der Waals surface area contributed by atoms with Crippen LogP contribution >= 0.6 is 0 Å². The summed E-state index contributed by atoms with van der Waals surface area (Å²) in [6.07, 6.45) is 3.54. The fraction of sp³-hybridized carbons (Fsp3) is 0.692. The summed E-state index contributed by atoms with van der Waals surface area (Å²) in [7, 11) is 1.54. The van der Waals surface area contributed by atoms with Gasteiger partial charge in [0.1, 0.15) is 6.54 Å². The Kier molecular flexibility index (Phi) is 3.63. The van der Waals surface area contributed by atoms with E-state index in [1.165, 1.54) is 9.80 Å². The molecule has 3 rings (SSSR count). The van der Waals surface area contributed by atoms with Gasteiger partial charge in [0.25, 0.3) is 5.91 Å². The van der Waals surface area contributed by atoms with Crippen LogP contribution in [0.1, 0.15) is 25.7 Å². The number of hydrogen-bond donors (Lipinski definition) is 3. The summed E-state index contributed by atoms with van der Waals surface area (Å²) in [6.45, 7) is -0.338. The third-order valence-electron chi connectivity index (χ3n) is 4.35. The minimum absolute atomic E-state index is 0.235. The average Bonchev–Trinajstić information content (AvgIpc) is 3.05. The maximum atomic E-state index is 12.1. The lowest BCUT2D eigenvalue weighted by molar-refractivity contribution is -0.138. The van der Waals surface area contributed by atoms with Crippen LogP contribution in [0, 0.1) is 0 Å². The van der Waals surface area contributed by atoms with Crippen LogP contribution in [0.25, 0.3) is 0 Å². The van der Waals surface area contributed by atoms with E-state index in [1.807, 2.05) is 0 Å². The Hall–Kier alpha value is -2.32. The lowest BCUT2D eigenvalue weighted by Gasteiger charge is -2.35. The Morgan fingerprint density at radius 3 is 2.73 bits per heavy atom. The van der Waals surface area contributed by atoms with Crippen molar-refractivity contribution in [1.82, 2.24) is 20.4 Å². The molecule has 0 aromatic heterocycles. The van der Waals surface area contributed by atoms with E-state index in [0.29, 0.717) is 5.96 Å².